The molecule has 0 radical (unpaired) electrons. The van der Waals surface area contributed by atoms with Gasteiger partial charge < -0.3 is 14.2 Å². The lowest BCUT2D eigenvalue weighted by molar-refractivity contribution is 0.0732. The van der Waals surface area contributed by atoms with Gasteiger partial charge in [-0.3, -0.25) is 4.79 Å². The zero-order valence-corrected chi connectivity index (χ0v) is 18.6. The van der Waals surface area contributed by atoms with Gasteiger partial charge in [-0.25, -0.2) is 4.79 Å². The molecule has 0 amide bonds. The molecule has 0 unspecified atom stereocenters. The van der Waals surface area contributed by atoms with Crippen molar-refractivity contribution >= 4 is 33.8 Å². The Morgan fingerprint density at radius 3 is 2.55 bits per heavy atom. The fourth-order valence-electron chi connectivity index (χ4n) is 3.29. The molecule has 3 aromatic carbocycles. The predicted molar refractivity (Wildman–Crippen MR) is 121 cm³/mol. The summed E-state index contributed by atoms with van der Waals surface area (Å²) in [4.78, 5) is 25.4. The Hall–Kier alpha value is -3.38. The third kappa shape index (κ3) is 4.11. The number of benzene rings is 3. The highest BCUT2D eigenvalue weighted by Crippen LogP contribution is 2.40. The summed E-state index contributed by atoms with van der Waals surface area (Å²) in [6.45, 7) is 4.17. The number of hydrogen-bond acceptors (Lipinski definition) is 5. The minimum absolute atomic E-state index is 0.194. The van der Waals surface area contributed by atoms with E-state index in [4.69, 9.17) is 14.2 Å². The Morgan fingerprint density at radius 2 is 1.77 bits per heavy atom. The van der Waals surface area contributed by atoms with Crippen LogP contribution in [0.25, 0.3) is 6.08 Å². The topological polar surface area (TPSA) is 61.8 Å². The average Bonchev–Trinajstić information content (AvgIpc) is 3.08. The summed E-state index contributed by atoms with van der Waals surface area (Å²) in [5.74, 6) is 0.865. The fraction of sp³-hybridized carbons (Fsp3) is 0.120. The maximum absolute atomic E-state index is 12.9. The number of halogens is 1. The zero-order valence-electron chi connectivity index (χ0n) is 17.0. The summed E-state index contributed by atoms with van der Waals surface area (Å²) >= 11 is 3.35. The zero-order chi connectivity index (χ0) is 22.0. The number of fused-ring (bicyclic) bond motifs is 1. The van der Waals surface area contributed by atoms with Gasteiger partial charge in [-0.05, 0) is 66.2 Å². The third-order valence-electron chi connectivity index (χ3n) is 4.84. The van der Waals surface area contributed by atoms with E-state index in [2.05, 4.69) is 15.9 Å². The number of para-hydroxylation sites is 1. The quantitative estimate of drug-likeness (QED) is 0.256. The van der Waals surface area contributed by atoms with Crippen molar-refractivity contribution in [1.29, 1.82) is 0 Å². The molecule has 1 heterocycles. The van der Waals surface area contributed by atoms with Crippen molar-refractivity contribution in [3.8, 4) is 17.2 Å². The van der Waals surface area contributed by atoms with E-state index in [0.29, 0.717) is 45.0 Å². The number of esters is 1. The molecule has 0 atom stereocenters. The van der Waals surface area contributed by atoms with Crippen LogP contribution < -0.4 is 14.2 Å². The number of rotatable bonds is 5. The Bertz CT molecular complexity index is 1210. The minimum atomic E-state index is -0.499. The van der Waals surface area contributed by atoms with Crippen LogP contribution in [-0.4, -0.2) is 18.4 Å². The lowest BCUT2D eigenvalue weighted by Gasteiger charge is -2.11. The molecule has 6 heteroatoms. The molecule has 0 N–H and O–H groups in total. The van der Waals surface area contributed by atoms with E-state index in [1.807, 2.05) is 37.3 Å². The molecule has 0 fully saturated rings. The molecule has 0 saturated heterocycles. The van der Waals surface area contributed by atoms with Crippen molar-refractivity contribution in [1.82, 2.24) is 0 Å². The Morgan fingerprint density at radius 1 is 1.03 bits per heavy atom. The molecular formula is C25H19BrO5. The molecule has 4 rings (SSSR count). The Balaban J connectivity index is 1.63. The van der Waals surface area contributed by atoms with Crippen molar-refractivity contribution < 1.29 is 23.8 Å². The maximum Gasteiger partial charge on any atom is 0.344 e. The number of ether oxygens (including phenoxy) is 3. The van der Waals surface area contributed by atoms with Crippen LogP contribution in [0.1, 0.15) is 38.8 Å². The molecule has 0 spiro atoms. The molecule has 1 aliphatic heterocycles. The van der Waals surface area contributed by atoms with E-state index in [0.717, 1.165) is 5.56 Å². The molecule has 0 bridgehead atoms. The lowest BCUT2D eigenvalue weighted by atomic mass is 10.1. The van der Waals surface area contributed by atoms with Crippen molar-refractivity contribution in [3.63, 3.8) is 0 Å². The number of allylic oxidation sites excluding steroid dienone is 1. The molecule has 0 saturated carbocycles. The number of Topliss-reactive ketones (excluding diaryl/α,β-unsaturated/α-hetero) is 1. The molecule has 0 aliphatic carbocycles. The first-order valence-corrected chi connectivity index (χ1v) is 10.5. The van der Waals surface area contributed by atoms with Crippen LogP contribution in [0, 0.1) is 6.92 Å². The highest BCUT2D eigenvalue weighted by Gasteiger charge is 2.31. The van der Waals surface area contributed by atoms with Gasteiger partial charge in [0.25, 0.3) is 0 Å². The van der Waals surface area contributed by atoms with E-state index in [1.54, 1.807) is 43.3 Å². The Kier molecular flexibility index (Phi) is 5.91. The van der Waals surface area contributed by atoms with E-state index in [9.17, 15) is 9.59 Å². The number of carbonyl (C=O) groups excluding carboxylic acids is 2. The highest BCUT2D eigenvalue weighted by molar-refractivity contribution is 9.10. The largest absolute Gasteiger partial charge is 0.493 e. The molecule has 3 aromatic rings. The second kappa shape index (κ2) is 8.78. The number of ketones is 1. The highest BCUT2D eigenvalue weighted by atomic mass is 79.9. The number of carbonyl (C=O) groups is 2. The SMILES string of the molecule is CCOc1ccccc1/C=C1\Oc2c(ccc(OC(=O)c3ccccc3Br)c2C)C1=O. The van der Waals surface area contributed by atoms with Crippen molar-refractivity contribution in [2.45, 2.75) is 13.8 Å². The summed E-state index contributed by atoms with van der Waals surface area (Å²) in [5, 5.41) is 0. The summed E-state index contributed by atoms with van der Waals surface area (Å²) in [6, 6.07) is 17.7. The number of hydrogen-bond donors (Lipinski definition) is 0. The molecule has 31 heavy (non-hydrogen) atoms. The van der Waals surface area contributed by atoms with Crippen LogP contribution >= 0.6 is 15.9 Å². The lowest BCUT2D eigenvalue weighted by Crippen LogP contribution is -2.10. The molecule has 5 nitrogen and oxygen atoms in total. The normalized spacial score (nSPS) is 13.6. The van der Waals surface area contributed by atoms with Gasteiger partial charge in [0, 0.05) is 15.6 Å². The summed E-state index contributed by atoms with van der Waals surface area (Å²) < 4.78 is 17.7. The molecule has 156 valence electrons. The maximum atomic E-state index is 12.9. The minimum Gasteiger partial charge on any atom is -0.493 e. The first-order valence-electron chi connectivity index (χ1n) is 9.76. The second-order valence-electron chi connectivity index (χ2n) is 6.85. The van der Waals surface area contributed by atoms with Gasteiger partial charge in [0.1, 0.15) is 17.2 Å². The predicted octanol–water partition coefficient (Wildman–Crippen LogP) is 5.99. The Labute approximate surface area is 188 Å². The van der Waals surface area contributed by atoms with Gasteiger partial charge >= 0.3 is 5.97 Å². The summed E-state index contributed by atoms with van der Waals surface area (Å²) in [5.41, 5.74) is 2.16. The van der Waals surface area contributed by atoms with Crippen molar-refractivity contribution in [3.05, 3.63) is 93.1 Å². The van der Waals surface area contributed by atoms with Crippen LogP contribution in [0.4, 0.5) is 0 Å². The van der Waals surface area contributed by atoms with Crippen LogP contribution in [0.15, 0.2) is 70.9 Å². The molecular weight excluding hydrogens is 460 g/mol. The van der Waals surface area contributed by atoms with Crippen molar-refractivity contribution in [2.24, 2.45) is 0 Å². The van der Waals surface area contributed by atoms with Gasteiger partial charge in [-0.1, -0.05) is 30.3 Å². The molecule has 0 aromatic heterocycles. The monoisotopic (exact) mass is 478 g/mol. The van der Waals surface area contributed by atoms with E-state index in [1.165, 1.54) is 0 Å². The van der Waals surface area contributed by atoms with Gasteiger partial charge in [-0.2, -0.15) is 0 Å². The smallest absolute Gasteiger partial charge is 0.344 e. The van der Waals surface area contributed by atoms with Gasteiger partial charge in [0.2, 0.25) is 5.78 Å². The first kappa shape index (κ1) is 20.9. The van der Waals surface area contributed by atoms with E-state index >= 15 is 0 Å². The van der Waals surface area contributed by atoms with E-state index < -0.39 is 5.97 Å². The van der Waals surface area contributed by atoms with Gasteiger partial charge in [0.05, 0.1) is 17.7 Å². The standard InChI is InChI=1S/C25H19BrO5/c1-3-29-21-11-7-4-8-16(21)14-22-23(27)18-12-13-20(15(2)24(18)30-22)31-25(28)17-9-5-6-10-19(17)26/h4-14H,3H2,1-2H3/b22-14-. The van der Waals surface area contributed by atoms with Gasteiger partial charge in [0.15, 0.2) is 5.76 Å². The van der Waals surface area contributed by atoms with Crippen LogP contribution in [0.5, 0.6) is 17.2 Å². The fourth-order valence-corrected chi connectivity index (χ4v) is 3.73. The summed E-state index contributed by atoms with van der Waals surface area (Å²) in [6.07, 6.45) is 1.67. The summed E-state index contributed by atoms with van der Waals surface area (Å²) in [7, 11) is 0. The van der Waals surface area contributed by atoms with Crippen molar-refractivity contribution in [2.75, 3.05) is 6.61 Å². The first-order chi connectivity index (χ1) is 15.0. The van der Waals surface area contributed by atoms with Crippen LogP contribution in [0.3, 0.4) is 0 Å². The van der Waals surface area contributed by atoms with Crippen LogP contribution in [-0.2, 0) is 0 Å². The van der Waals surface area contributed by atoms with Gasteiger partial charge in [-0.15, -0.1) is 0 Å². The average molecular weight is 479 g/mol. The molecule has 1 aliphatic rings. The second-order valence-corrected chi connectivity index (χ2v) is 7.70. The van der Waals surface area contributed by atoms with Crippen LogP contribution in [0.2, 0.25) is 0 Å². The third-order valence-corrected chi connectivity index (χ3v) is 5.53. The van der Waals surface area contributed by atoms with E-state index in [-0.39, 0.29) is 11.5 Å².